The Hall–Kier alpha value is -1.54. The number of benzene rings is 2. The molecule has 0 heterocycles. The molecule has 0 aliphatic heterocycles. The molecule has 0 fully saturated rings. The number of rotatable bonds is 1. The predicted octanol–water partition coefficient (Wildman–Crippen LogP) is 3.85. The molecule has 2 rings (SSSR count). The molecule has 0 amide bonds. The molecular formula is C12H8ClFO. The van der Waals surface area contributed by atoms with Gasteiger partial charge >= 0.3 is 0 Å². The molecule has 76 valence electrons. The number of halogens is 2. The maximum Gasteiger partial charge on any atom is 0.125 e. The van der Waals surface area contributed by atoms with E-state index in [9.17, 15) is 9.50 Å². The Morgan fingerprint density at radius 3 is 2.47 bits per heavy atom. The highest BCUT2D eigenvalue weighted by atomic mass is 35.5. The lowest BCUT2D eigenvalue weighted by Crippen LogP contribution is -1.80. The molecule has 0 aliphatic rings. The third kappa shape index (κ3) is 2.28. The first kappa shape index (κ1) is 9.99. The van der Waals surface area contributed by atoms with Crippen molar-refractivity contribution in [1.82, 2.24) is 0 Å². The molecule has 0 aromatic heterocycles. The van der Waals surface area contributed by atoms with Crippen LogP contribution in [-0.2, 0) is 0 Å². The van der Waals surface area contributed by atoms with Crippen molar-refractivity contribution in [3.05, 3.63) is 53.3 Å². The fourth-order valence-corrected chi connectivity index (χ4v) is 1.63. The maximum atomic E-state index is 13.1. The molecule has 0 radical (unpaired) electrons. The summed E-state index contributed by atoms with van der Waals surface area (Å²) < 4.78 is 13.1. The number of aromatic hydroxyl groups is 1. The fraction of sp³-hybridized carbons (Fsp3) is 0. The quantitative estimate of drug-likeness (QED) is 0.777. The smallest absolute Gasteiger partial charge is 0.125 e. The zero-order valence-electron chi connectivity index (χ0n) is 7.74. The van der Waals surface area contributed by atoms with E-state index in [0.717, 1.165) is 5.56 Å². The maximum absolute atomic E-state index is 13.1. The molecule has 1 nitrogen and oxygen atoms in total. The lowest BCUT2D eigenvalue weighted by Gasteiger charge is -2.03. The van der Waals surface area contributed by atoms with Gasteiger partial charge in [-0.2, -0.15) is 0 Å². The van der Waals surface area contributed by atoms with Crippen molar-refractivity contribution >= 4 is 11.6 Å². The van der Waals surface area contributed by atoms with E-state index in [0.29, 0.717) is 10.6 Å². The van der Waals surface area contributed by atoms with Crippen LogP contribution in [0.1, 0.15) is 0 Å². The van der Waals surface area contributed by atoms with E-state index in [4.69, 9.17) is 11.6 Å². The van der Waals surface area contributed by atoms with E-state index in [-0.39, 0.29) is 11.6 Å². The molecule has 0 unspecified atom stereocenters. The molecule has 0 atom stereocenters. The second-order valence-corrected chi connectivity index (χ2v) is 3.64. The summed E-state index contributed by atoms with van der Waals surface area (Å²) in [4.78, 5) is 0. The Balaban J connectivity index is 2.54. The van der Waals surface area contributed by atoms with E-state index < -0.39 is 0 Å². The summed E-state index contributed by atoms with van der Waals surface area (Å²) in [6.45, 7) is 0. The van der Waals surface area contributed by atoms with Crippen molar-refractivity contribution in [1.29, 1.82) is 0 Å². The first-order valence-corrected chi connectivity index (χ1v) is 4.78. The third-order valence-corrected chi connectivity index (χ3v) is 2.26. The van der Waals surface area contributed by atoms with Crippen LogP contribution in [0.2, 0.25) is 5.02 Å². The zero-order chi connectivity index (χ0) is 10.8. The minimum absolute atomic E-state index is 0.146. The van der Waals surface area contributed by atoms with Crippen molar-refractivity contribution < 1.29 is 9.50 Å². The molecule has 2 aromatic carbocycles. The van der Waals surface area contributed by atoms with Crippen molar-refractivity contribution in [3.8, 4) is 16.9 Å². The van der Waals surface area contributed by atoms with E-state index in [1.807, 2.05) is 0 Å². The first-order valence-electron chi connectivity index (χ1n) is 4.40. The Labute approximate surface area is 91.8 Å². The fourth-order valence-electron chi connectivity index (χ4n) is 1.41. The van der Waals surface area contributed by atoms with Gasteiger partial charge in [-0.15, -0.1) is 0 Å². The van der Waals surface area contributed by atoms with Crippen LogP contribution in [0.5, 0.6) is 5.75 Å². The van der Waals surface area contributed by atoms with Crippen LogP contribution in [0.4, 0.5) is 4.39 Å². The van der Waals surface area contributed by atoms with Gasteiger partial charge in [0.2, 0.25) is 0 Å². The van der Waals surface area contributed by atoms with Crippen LogP contribution < -0.4 is 0 Å². The van der Waals surface area contributed by atoms with Crippen LogP contribution in [-0.4, -0.2) is 5.11 Å². The highest BCUT2D eigenvalue weighted by molar-refractivity contribution is 6.30. The summed E-state index contributed by atoms with van der Waals surface area (Å²) in [6, 6.07) is 10.9. The minimum atomic E-state index is -0.388. The Bertz CT molecular complexity index is 476. The minimum Gasteiger partial charge on any atom is -0.508 e. The standard InChI is InChI=1S/C12H8ClFO/c13-10-4-9(5-11(14)7-10)8-2-1-3-12(15)6-8/h1-7,15H. The Morgan fingerprint density at radius 2 is 1.80 bits per heavy atom. The molecule has 3 heteroatoms. The van der Waals surface area contributed by atoms with E-state index in [2.05, 4.69) is 0 Å². The van der Waals surface area contributed by atoms with Gasteiger partial charge in [-0.05, 0) is 41.5 Å². The monoisotopic (exact) mass is 222 g/mol. The molecule has 0 spiro atoms. The van der Waals surface area contributed by atoms with Gasteiger partial charge < -0.3 is 5.11 Å². The summed E-state index contributed by atoms with van der Waals surface area (Å²) in [6.07, 6.45) is 0. The van der Waals surface area contributed by atoms with E-state index >= 15 is 0 Å². The van der Waals surface area contributed by atoms with Crippen molar-refractivity contribution in [2.24, 2.45) is 0 Å². The van der Waals surface area contributed by atoms with Crippen LogP contribution >= 0.6 is 11.6 Å². The predicted molar refractivity (Wildman–Crippen MR) is 58.5 cm³/mol. The second-order valence-electron chi connectivity index (χ2n) is 3.21. The summed E-state index contributed by atoms with van der Waals surface area (Å²) in [5.74, 6) is -0.242. The van der Waals surface area contributed by atoms with E-state index in [1.165, 1.54) is 12.1 Å². The molecule has 1 N–H and O–H groups in total. The second kappa shape index (κ2) is 3.91. The lowest BCUT2D eigenvalue weighted by atomic mass is 10.1. The van der Waals surface area contributed by atoms with Gasteiger partial charge in [0.15, 0.2) is 0 Å². The summed E-state index contributed by atoms with van der Waals surface area (Å²) in [7, 11) is 0. The van der Waals surface area contributed by atoms with Crippen molar-refractivity contribution in [3.63, 3.8) is 0 Å². The molecule has 15 heavy (non-hydrogen) atoms. The highest BCUT2D eigenvalue weighted by Crippen LogP contribution is 2.26. The summed E-state index contributed by atoms with van der Waals surface area (Å²) >= 11 is 5.74. The topological polar surface area (TPSA) is 20.2 Å². The lowest BCUT2D eigenvalue weighted by molar-refractivity contribution is 0.475. The average molecular weight is 223 g/mol. The van der Waals surface area contributed by atoms with Crippen LogP contribution in [0.3, 0.4) is 0 Å². The average Bonchev–Trinajstić information content (AvgIpc) is 2.16. The van der Waals surface area contributed by atoms with Gasteiger partial charge in [0, 0.05) is 5.02 Å². The molecule has 0 saturated heterocycles. The van der Waals surface area contributed by atoms with Crippen molar-refractivity contribution in [2.45, 2.75) is 0 Å². The number of hydrogen-bond acceptors (Lipinski definition) is 1. The Kier molecular flexibility index (Phi) is 2.60. The number of phenolic OH excluding ortho intramolecular Hbond substituents is 1. The number of phenols is 1. The molecule has 2 aromatic rings. The number of hydrogen-bond donors (Lipinski definition) is 1. The largest absolute Gasteiger partial charge is 0.508 e. The summed E-state index contributed by atoms with van der Waals surface area (Å²) in [5.41, 5.74) is 1.38. The van der Waals surface area contributed by atoms with Gasteiger partial charge in [0.1, 0.15) is 11.6 Å². The normalized spacial score (nSPS) is 10.3. The third-order valence-electron chi connectivity index (χ3n) is 2.04. The first-order chi connectivity index (χ1) is 7.15. The molecule has 0 saturated carbocycles. The molecular weight excluding hydrogens is 215 g/mol. The van der Waals surface area contributed by atoms with Gasteiger partial charge in [-0.25, -0.2) is 4.39 Å². The zero-order valence-corrected chi connectivity index (χ0v) is 8.50. The summed E-state index contributed by atoms with van der Waals surface area (Å²) in [5, 5.41) is 9.63. The SMILES string of the molecule is Oc1cccc(-c2cc(F)cc(Cl)c2)c1. The van der Waals surface area contributed by atoms with Gasteiger partial charge in [-0.1, -0.05) is 23.7 Å². The van der Waals surface area contributed by atoms with Gasteiger partial charge in [-0.3, -0.25) is 0 Å². The van der Waals surface area contributed by atoms with Crippen molar-refractivity contribution in [2.75, 3.05) is 0 Å². The van der Waals surface area contributed by atoms with Crippen LogP contribution in [0.25, 0.3) is 11.1 Å². The van der Waals surface area contributed by atoms with Gasteiger partial charge in [0.05, 0.1) is 0 Å². The van der Waals surface area contributed by atoms with Gasteiger partial charge in [0.25, 0.3) is 0 Å². The molecule has 0 aliphatic carbocycles. The van der Waals surface area contributed by atoms with E-state index in [1.54, 1.807) is 30.3 Å². The Morgan fingerprint density at radius 1 is 1.00 bits per heavy atom. The van der Waals surface area contributed by atoms with Crippen LogP contribution in [0.15, 0.2) is 42.5 Å². The van der Waals surface area contributed by atoms with Crippen LogP contribution in [0, 0.1) is 5.82 Å². The highest BCUT2D eigenvalue weighted by Gasteiger charge is 2.02. The molecule has 0 bridgehead atoms.